The minimum atomic E-state index is -0.141. The van der Waals surface area contributed by atoms with Gasteiger partial charge in [-0.15, -0.1) is 0 Å². The number of nitrogens with one attached hydrogen (secondary N) is 1. The number of hydrogen-bond donors (Lipinski definition) is 2. The molecule has 0 fully saturated rings. The molecule has 0 aromatic carbocycles. The molecule has 0 aliphatic heterocycles. The highest BCUT2D eigenvalue weighted by Gasteiger charge is 2.16. The zero-order valence-corrected chi connectivity index (χ0v) is 12.2. The Balaban J connectivity index is 2.18. The average molecular weight is 285 g/mol. The maximum absolute atomic E-state index is 12.5. The van der Waals surface area contributed by atoms with Crippen LogP contribution >= 0.6 is 0 Å². The molecule has 1 amide bonds. The van der Waals surface area contributed by atoms with Crippen LogP contribution in [-0.2, 0) is 6.54 Å². The number of rotatable bonds is 5. The number of hydrogen-bond acceptors (Lipinski definition) is 5. The largest absolute Gasteiger partial charge is 0.332 e. The van der Waals surface area contributed by atoms with E-state index >= 15 is 0 Å². The molecule has 3 N–H and O–H groups in total. The average Bonchev–Trinajstić information content (AvgIpc) is 2.52. The number of nitrogens with two attached hydrogens (primary N) is 1. The Labute approximate surface area is 124 Å². The molecule has 0 spiro atoms. The number of pyridine rings is 2. The van der Waals surface area contributed by atoms with Gasteiger partial charge in [0.05, 0.1) is 12.2 Å². The highest BCUT2D eigenvalue weighted by Crippen LogP contribution is 2.10. The van der Waals surface area contributed by atoms with E-state index in [1.807, 2.05) is 32.0 Å². The van der Waals surface area contributed by atoms with Gasteiger partial charge in [0.25, 0.3) is 5.91 Å². The van der Waals surface area contributed by atoms with Gasteiger partial charge in [0.2, 0.25) is 0 Å². The van der Waals surface area contributed by atoms with Crippen LogP contribution in [0.15, 0.2) is 36.4 Å². The fourth-order valence-electron chi connectivity index (χ4n) is 2.01. The molecule has 2 heterocycles. The van der Waals surface area contributed by atoms with Crippen molar-refractivity contribution in [3.63, 3.8) is 0 Å². The topological polar surface area (TPSA) is 84.1 Å². The highest BCUT2D eigenvalue weighted by atomic mass is 16.2. The van der Waals surface area contributed by atoms with Crippen LogP contribution in [0, 0.1) is 6.92 Å². The SMILES string of the molecule is CCN(Cc1cccc(C)n1)C(=O)c1cccc(NN)n1. The van der Waals surface area contributed by atoms with Crippen LogP contribution in [0.3, 0.4) is 0 Å². The zero-order chi connectivity index (χ0) is 15.2. The predicted octanol–water partition coefficient (Wildman–Crippen LogP) is 1.73. The number of carbonyl (C=O) groups is 1. The van der Waals surface area contributed by atoms with Gasteiger partial charge >= 0.3 is 0 Å². The second-order valence-corrected chi connectivity index (χ2v) is 4.64. The van der Waals surface area contributed by atoms with Gasteiger partial charge in [-0.2, -0.15) is 0 Å². The van der Waals surface area contributed by atoms with Crippen LogP contribution in [0.4, 0.5) is 5.82 Å². The Kier molecular flexibility index (Phi) is 4.84. The van der Waals surface area contributed by atoms with Crippen LogP contribution in [0.2, 0.25) is 0 Å². The van der Waals surface area contributed by atoms with Gasteiger partial charge in [-0.3, -0.25) is 9.78 Å². The molecule has 0 aliphatic carbocycles. The second-order valence-electron chi connectivity index (χ2n) is 4.64. The number of anilines is 1. The summed E-state index contributed by atoms with van der Waals surface area (Å²) < 4.78 is 0. The summed E-state index contributed by atoms with van der Waals surface area (Å²) in [6, 6.07) is 10.9. The van der Waals surface area contributed by atoms with E-state index < -0.39 is 0 Å². The number of aromatic nitrogens is 2. The molecule has 0 unspecified atom stereocenters. The van der Waals surface area contributed by atoms with Crippen molar-refractivity contribution in [1.82, 2.24) is 14.9 Å². The first kappa shape index (κ1) is 14.9. The molecule has 0 aliphatic rings. The molecule has 6 heteroatoms. The Morgan fingerprint density at radius 2 is 2.00 bits per heavy atom. The van der Waals surface area contributed by atoms with Crippen molar-refractivity contribution in [1.29, 1.82) is 0 Å². The normalized spacial score (nSPS) is 10.2. The molecular weight excluding hydrogens is 266 g/mol. The third-order valence-corrected chi connectivity index (χ3v) is 3.08. The Morgan fingerprint density at radius 1 is 1.24 bits per heavy atom. The molecule has 0 bridgehead atoms. The van der Waals surface area contributed by atoms with Gasteiger partial charge in [0.15, 0.2) is 0 Å². The van der Waals surface area contributed by atoms with Crippen LogP contribution < -0.4 is 11.3 Å². The molecular formula is C15H19N5O. The summed E-state index contributed by atoms with van der Waals surface area (Å²) in [5.41, 5.74) is 4.60. The van der Waals surface area contributed by atoms with Gasteiger partial charge in [0.1, 0.15) is 11.5 Å². The number of carbonyl (C=O) groups excluding carboxylic acids is 1. The van der Waals surface area contributed by atoms with Crippen molar-refractivity contribution in [2.45, 2.75) is 20.4 Å². The number of hydrazine groups is 1. The lowest BCUT2D eigenvalue weighted by Crippen LogP contribution is -2.31. The van der Waals surface area contributed by atoms with Gasteiger partial charge in [-0.25, -0.2) is 10.8 Å². The number of aryl methyl sites for hydroxylation is 1. The summed E-state index contributed by atoms with van der Waals surface area (Å²) in [5, 5.41) is 0. The molecule has 110 valence electrons. The lowest BCUT2D eigenvalue weighted by Gasteiger charge is -2.20. The fraction of sp³-hybridized carbons (Fsp3) is 0.267. The first-order chi connectivity index (χ1) is 10.1. The van der Waals surface area contributed by atoms with Crippen molar-refractivity contribution >= 4 is 11.7 Å². The van der Waals surface area contributed by atoms with Crippen LogP contribution in [-0.4, -0.2) is 27.3 Å². The van der Waals surface area contributed by atoms with E-state index in [9.17, 15) is 4.79 Å². The summed E-state index contributed by atoms with van der Waals surface area (Å²) >= 11 is 0. The number of nitrogen functional groups attached to an aromatic ring is 1. The quantitative estimate of drug-likeness (QED) is 0.645. The van der Waals surface area contributed by atoms with Gasteiger partial charge in [-0.05, 0) is 38.1 Å². The maximum atomic E-state index is 12.5. The van der Waals surface area contributed by atoms with Gasteiger partial charge in [0, 0.05) is 12.2 Å². The summed E-state index contributed by atoms with van der Waals surface area (Å²) in [6.45, 7) is 4.90. The number of amides is 1. The van der Waals surface area contributed by atoms with E-state index in [4.69, 9.17) is 5.84 Å². The number of nitrogens with zero attached hydrogens (tertiary/aromatic N) is 3. The third kappa shape index (κ3) is 3.76. The first-order valence-electron chi connectivity index (χ1n) is 6.79. The molecule has 0 saturated heterocycles. The Morgan fingerprint density at radius 3 is 2.67 bits per heavy atom. The zero-order valence-electron chi connectivity index (χ0n) is 12.2. The lowest BCUT2D eigenvalue weighted by molar-refractivity contribution is 0.0745. The van der Waals surface area contributed by atoms with Crippen LogP contribution in [0.1, 0.15) is 28.8 Å². The summed E-state index contributed by atoms with van der Waals surface area (Å²) in [4.78, 5) is 22.8. The second kappa shape index (κ2) is 6.81. The van der Waals surface area contributed by atoms with Gasteiger partial charge in [-0.1, -0.05) is 12.1 Å². The summed E-state index contributed by atoms with van der Waals surface area (Å²) in [7, 11) is 0. The van der Waals surface area contributed by atoms with E-state index in [1.54, 1.807) is 23.1 Å². The summed E-state index contributed by atoms with van der Waals surface area (Å²) in [6.07, 6.45) is 0. The van der Waals surface area contributed by atoms with Crippen LogP contribution in [0.5, 0.6) is 0 Å². The smallest absolute Gasteiger partial charge is 0.272 e. The monoisotopic (exact) mass is 285 g/mol. The first-order valence-corrected chi connectivity index (χ1v) is 6.79. The van der Waals surface area contributed by atoms with Crippen molar-refractivity contribution < 1.29 is 4.79 Å². The van der Waals surface area contributed by atoms with E-state index in [1.165, 1.54) is 0 Å². The molecule has 2 aromatic rings. The van der Waals surface area contributed by atoms with Crippen molar-refractivity contribution in [2.75, 3.05) is 12.0 Å². The molecule has 0 saturated carbocycles. The highest BCUT2D eigenvalue weighted by molar-refractivity contribution is 5.92. The molecule has 21 heavy (non-hydrogen) atoms. The molecule has 6 nitrogen and oxygen atoms in total. The van der Waals surface area contributed by atoms with E-state index in [-0.39, 0.29) is 5.91 Å². The lowest BCUT2D eigenvalue weighted by atomic mass is 10.2. The minimum absolute atomic E-state index is 0.141. The minimum Gasteiger partial charge on any atom is -0.332 e. The van der Waals surface area contributed by atoms with Crippen molar-refractivity contribution in [2.24, 2.45) is 5.84 Å². The Bertz CT molecular complexity index is 629. The standard InChI is InChI=1S/C15H19N5O/c1-3-20(10-12-7-4-6-11(2)17-12)15(21)13-8-5-9-14(18-13)19-16/h4-9H,3,10,16H2,1-2H3,(H,18,19). The van der Waals surface area contributed by atoms with E-state index in [0.717, 1.165) is 11.4 Å². The molecule has 0 atom stereocenters. The van der Waals surface area contributed by atoms with E-state index in [0.29, 0.717) is 24.6 Å². The third-order valence-electron chi connectivity index (χ3n) is 3.08. The molecule has 0 radical (unpaired) electrons. The van der Waals surface area contributed by atoms with Crippen molar-refractivity contribution in [3.8, 4) is 0 Å². The Hall–Kier alpha value is -2.47. The predicted molar refractivity (Wildman–Crippen MR) is 81.4 cm³/mol. The maximum Gasteiger partial charge on any atom is 0.272 e. The van der Waals surface area contributed by atoms with Crippen LogP contribution in [0.25, 0.3) is 0 Å². The van der Waals surface area contributed by atoms with Gasteiger partial charge < -0.3 is 10.3 Å². The fourth-order valence-corrected chi connectivity index (χ4v) is 2.01. The van der Waals surface area contributed by atoms with Crippen molar-refractivity contribution in [3.05, 3.63) is 53.5 Å². The molecule has 2 aromatic heterocycles. The van der Waals surface area contributed by atoms with E-state index in [2.05, 4.69) is 15.4 Å². The molecule has 2 rings (SSSR count). The summed E-state index contributed by atoms with van der Waals surface area (Å²) in [5.74, 6) is 5.64.